The van der Waals surface area contributed by atoms with Crippen molar-refractivity contribution in [2.45, 2.75) is 13.8 Å². The van der Waals surface area contributed by atoms with Crippen LogP contribution in [0.15, 0.2) is 18.2 Å². The molecule has 1 aromatic carbocycles. The number of benzene rings is 1. The van der Waals surface area contributed by atoms with Gasteiger partial charge in [-0.2, -0.15) is 0 Å². The number of hydrogen-bond acceptors (Lipinski definition) is 2. The van der Waals surface area contributed by atoms with E-state index in [1.165, 1.54) is 22.9 Å². The second-order valence-corrected chi connectivity index (χ2v) is 3.67. The summed E-state index contributed by atoms with van der Waals surface area (Å²) in [6.07, 6.45) is 1.93. The van der Waals surface area contributed by atoms with Crippen LogP contribution in [0.5, 0.6) is 0 Å². The molecular weight excluding hydrogens is 166 g/mol. The molecule has 0 amide bonds. The van der Waals surface area contributed by atoms with E-state index in [1.807, 2.05) is 25.3 Å². The Bertz CT molecular complexity index is 305. The van der Waals surface area contributed by atoms with Gasteiger partial charge in [-0.3, -0.25) is 5.41 Å². The lowest BCUT2D eigenvalue weighted by atomic mass is 10.1. The molecule has 1 rings (SSSR count). The molecule has 64 valence electrons. The molecule has 0 bridgehead atoms. The van der Waals surface area contributed by atoms with E-state index in [2.05, 4.69) is 13.0 Å². The molecule has 1 nitrogen and oxygen atoms in total. The molecule has 0 aromatic heterocycles. The van der Waals surface area contributed by atoms with Crippen LogP contribution in [0.4, 0.5) is 0 Å². The first kappa shape index (κ1) is 9.33. The largest absolute Gasteiger partial charge is 0.293 e. The van der Waals surface area contributed by atoms with Crippen LogP contribution in [-0.2, 0) is 0 Å². The summed E-state index contributed by atoms with van der Waals surface area (Å²) >= 11 is 1.48. The minimum absolute atomic E-state index is 0.646. The zero-order valence-corrected chi connectivity index (χ0v) is 8.46. The number of aryl methyl sites for hydroxylation is 2. The first-order chi connectivity index (χ1) is 5.65. The molecular formula is C10H13NS. The third kappa shape index (κ3) is 1.89. The standard InChI is InChI=1S/C10H13NS/c1-7-4-5-9(8(2)6-7)10(11)12-3/h4-6,11H,1-3H3. The fourth-order valence-electron chi connectivity index (χ4n) is 1.18. The van der Waals surface area contributed by atoms with E-state index in [0.717, 1.165) is 5.56 Å². The lowest BCUT2D eigenvalue weighted by Crippen LogP contribution is -1.95. The van der Waals surface area contributed by atoms with Gasteiger partial charge in [0.25, 0.3) is 0 Å². The van der Waals surface area contributed by atoms with E-state index in [4.69, 9.17) is 5.41 Å². The third-order valence-corrected chi connectivity index (χ3v) is 2.46. The van der Waals surface area contributed by atoms with Crippen molar-refractivity contribution in [2.24, 2.45) is 0 Å². The van der Waals surface area contributed by atoms with Crippen LogP contribution in [0, 0.1) is 19.3 Å². The minimum Gasteiger partial charge on any atom is -0.293 e. The van der Waals surface area contributed by atoms with Crippen molar-refractivity contribution < 1.29 is 0 Å². The van der Waals surface area contributed by atoms with Crippen LogP contribution >= 0.6 is 11.8 Å². The fraction of sp³-hybridized carbons (Fsp3) is 0.300. The molecule has 0 heterocycles. The number of nitrogens with one attached hydrogen (secondary N) is 1. The van der Waals surface area contributed by atoms with Gasteiger partial charge in [-0.25, -0.2) is 0 Å². The van der Waals surface area contributed by atoms with E-state index in [-0.39, 0.29) is 0 Å². The average molecular weight is 179 g/mol. The number of rotatable bonds is 1. The molecule has 0 aliphatic rings. The third-order valence-electron chi connectivity index (χ3n) is 1.83. The number of thioether (sulfide) groups is 1. The van der Waals surface area contributed by atoms with Gasteiger partial charge >= 0.3 is 0 Å². The molecule has 1 N–H and O–H groups in total. The van der Waals surface area contributed by atoms with E-state index >= 15 is 0 Å². The summed E-state index contributed by atoms with van der Waals surface area (Å²) in [6, 6.07) is 6.18. The van der Waals surface area contributed by atoms with Crippen LogP contribution in [0.1, 0.15) is 16.7 Å². The Hall–Kier alpha value is -0.760. The van der Waals surface area contributed by atoms with Gasteiger partial charge < -0.3 is 0 Å². The lowest BCUT2D eigenvalue weighted by Gasteiger charge is -2.05. The summed E-state index contributed by atoms with van der Waals surface area (Å²) in [4.78, 5) is 0. The van der Waals surface area contributed by atoms with Crippen molar-refractivity contribution in [2.75, 3.05) is 6.26 Å². The maximum atomic E-state index is 7.65. The highest BCUT2D eigenvalue weighted by molar-refractivity contribution is 8.13. The Morgan fingerprint density at radius 3 is 2.50 bits per heavy atom. The van der Waals surface area contributed by atoms with E-state index in [0.29, 0.717) is 5.04 Å². The predicted octanol–water partition coefficient (Wildman–Crippen LogP) is 2.99. The molecule has 1 aromatic rings. The van der Waals surface area contributed by atoms with E-state index in [1.54, 1.807) is 0 Å². The Kier molecular flexibility index (Phi) is 2.93. The van der Waals surface area contributed by atoms with Gasteiger partial charge in [0.05, 0.1) is 5.04 Å². The molecule has 0 atom stereocenters. The normalized spacial score (nSPS) is 9.92. The van der Waals surface area contributed by atoms with Gasteiger partial charge in [-0.1, -0.05) is 23.8 Å². The summed E-state index contributed by atoms with van der Waals surface area (Å²) < 4.78 is 0. The van der Waals surface area contributed by atoms with Gasteiger partial charge in [0, 0.05) is 5.56 Å². The van der Waals surface area contributed by atoms with E-state index < -0.39 is 0 Å². The minimum atomic E-state index is 0.646. The monoisotopic (exact) mass is 179 g/mol. The fourth-order valence-corrected chi connectivity index (χ4v) is 1.63. The van der Waals surface area contributed by atoms with Crippen molar-refractivity contribution in [3.8, 4) is 0 Å². The van der Waals surface area contributed by atoms with Crippen LogP contribution in [0.2, 0.25) is 0 Å². The molecule has 0 radical (unpaired) electrons. The summed E-state index contributed by atoms with van der Waals surface area (Å²) in [5.41, 5.74) is 3.49. The van der Waals surface area contributed by atoms with Gasteiger partial charge in [0.1, 0.15) is 0 Å². The topological polar surface area (TPSA) is 23.9 Å². The average Bonchev–Trinajstić information content (AvgIpc) is 2.03. The molecule has 0 aliphatic carbocycles. The maximum Gasteiger partial charge on any atom is 0.0942 e. The molecule has 0 spiro atoms. The smallest absolute Gasteiger partial charge is 0.0942 e. The van der Waals surface area contributed by atoms with E-state index in [9.17, 15) is 0 Å². The van der Waals surface area contributed by atoms with Crippen molar-refractivity contribution in [1.82, 2.24) is 0 Å². The zero-order valence-electron chi connectivity index (χ0n) is 7.64. The maximum absolute atomic E-state index is 7.65. The van der Waals surface area contributed by atoms with Crippen molar-refractivity contribution in [3.05, 3.63) is 34.9 Å². The zero-order chi connectivity index (χ0) is 9.14. The summed E-state index contributed by atoms with van der Waals surface area (Å²) in [5, 5.41) is 8.30. The molecule has 0 saturated heterocycles. The van der Waals surface area contributed by atoms with Gasteiger partial charge in [-0.05, 0) is 25.7 Å². The highest BCUT2D eigenvalue weighted by atomic mass is 32.2. The Labute approximate surface area is 77.7 Å². The van der Waals surface area contributed by atoms with Crippen molar-refractivity contribution >= 4 is 16.8 Å². The SMILES string of the molecule is CSC(=N)c1ccc(C)cc1C. The number of hydrogen-bond donors (Lipinski definition) is 1. The van der Waals surface area contributed by atoms with Crippen molar-refractivity contribution in [3.63, 3.8) is 0 Å². The molecule has 0 unspecified atom stereocenters. The quantitative estimate of drug-likeness (QED) is 0.520. The molecule has 2 heteroatoms. The summed E-state index contributed by atoms with van der Waals surface area (Å²) in [5.74, 6) is 0. The first-order valence-corrected chi connectivity index (χ1v) is 5.08. The summed E-state index contributed by atoms with van der Waals surface area (Å²) in [7, 11) is 0. The lowest BCUT2D eigenvalue weighted by molar-refractivity contribution is 1.36. The van der Waals surface area contributed by atoms with Gasteiger partial charge in [0.15, 0.2) is 0 Å². The second kappa shape index (κ2) is 3.76. The Balaban J connectivity index is 3.09. The van der Waals surface area contributed by atoms with Gasteiger partial charge in [0.2, 0.25) is 0 Å². The Morgan fingerprint density at radius 2 is 2.00 bits per heavy atom. The second-order valence-electron chi connectivity index (χ2n) is 2.85. The van der Waals surface area contributed by atoms with Crippen LogP contribution in [0.25, 0.3) is 0 Å². The van der Waals surface area contributed by atoms with Gasteiger partial charge in [-0.15, -0.1) is 11.8 Å². The molecule has 12 heavy (non-hydrogen) atoms. The molecule has 0 saturated carbocycles. The summed E-state index contributed by atoms with van der Waals surface area (Å²) in [6.45, 7) is 4.12. The Morgan fingerprint density at radius 1 is 1.33 bits per heavy atom. The molecule has 0 aliphatic heterocycles. The van der Waals surface area contributed by atoms with Crippen LogP contribution in [-0.4, -0.2) is 11.3 Å². The van der Waals surface area contributed by atoms with Crippen LogP contribution < -0.4 is 0 Å². The van der Waals surface area contributed by atoms with Crippen molar-refractivity contribution in [1.29, 1.82) is 5.41 Å². The highest BCUT2D eigenvalue weighted by Gasteiger charge is 2.02. The van der Waals surface area contributed by atoms with Crippen LogP contribution in [0.3, 0.4) is 0 Å². The first-order valence-electron chi connectivity index (χ1n) is 3.85. The molecule has 0 fully saturated rings. The predicted molar refractivity (Wildman–Crippen MR) is 56.3 cm³/mol. The highest BCUT2D eigenvalue weighted by Crippen LogP contribution is 2.15.